The van der Waals surface area contributed by atoms with E-state index in [0.29, 0.717) is 24.9 Å². The van der Waals surface area contributed by atoms with Gasteiger partial charge in [-0.1, -0.05) is 28.8 Å². The van der Waals surface area contributed by atoms with Crippen LogP contribution in [0, 0.1) is 0 Å². The number of hydrogen-bond donors (Lipinski definition) is 2. The predicted molar refractivity (Wildman–Crippen MR) is 106 cm³/mol. The van der Waals surface area contributed by atoms with E-state index < -0.39 is 0 Å². The van der Waals surface area contributed by atoms with Gasteiger partial charge in [0.25, 0.3) is 0 Å². The van der Waals surface area contributed by atoms with Gasteiger partial charge in [-0.2, -0.15) is 0 Å². The molecule has 2 aromatic carbocycles. The fourth-order valence-corrected chi connectivity index (χ4v) is 3.22. The molecule has 0 radical (unpaired) electrons. The Bertz CT molecular complexity index is 898. The van der Waals surface area contributed by atoms with Crippen molar-refractivity contribution in [3.63, 3.8) is 0 Å². The van der Waals surface area contributed by atoms with Crippen LogP contribution in [0.4, 0.5) is 5.69 Å². The van der Waals surface area contributed by atoms with E-state index in [-0.39, 0.29) is 0 Å². The highest BCUT2D eigenvalue weighted by atomic mass is 32.1. The monoisotopic (exact) mass is 384 g/mol. The lowest BCUT2D eigenvalue weighted by molar-refractivity contribution is 0.171. The average molecular weight is 384 g/mol. The fraction of sp³-hybridized carbons (Fsp3) is 0.167. The highest BCUT2D eigenvalue weighted by Gasteiger charge is 2.12. The van der Waals surface area contributed by atoms with E-state index in [1.54, 1.807) is 0 Å². The predicted octanol–water partition coefficient (Wildman–Crippen LogP) is 3.46. The minimum absolute atomic E-state index is 0.550. The van der Waals surface area contributed by atoms with E-state index in [1.165, 1.54) is 11.5 Å². The third-order valence-electron chi connectivity index (χ3n) is 3.86. The molecule has 8 heteroatoms. The van der Waals surface area contributed by atoms with Crippen molar-refractivity contribution in [2.45, 2.75) is 6.54 Å². The normalized spacial score (nSPS) is 12.5. The molecule has 6 nitrogen and oxygen atoms in total. The van der Waals surface area contributed by atoms with Crippen LogP contribution < -0.4 is 20.1 Å². The lowest BCUT2D eigenvalue weighted by Gasteiger charge is -2.19. The first kappa shape index (κ1) is 16.7. The van der Waals surface area contributed by atoms with Gasteiger partial charge in [-0.05, 0) is 41.4 Å². The van der Waals surface area contributed by atoms with E-state index in [2.05, 4.69) is 20.2 Å². The molecule has 1 aliphatic heterocycles. The SMILES string of the molecule is S=C(NCc1ccc(-c2csnn2)cc1)Nc1ccc2c(c1)OCCO2. The summed E-state index contributed by atoms with van der Waals surface area (Å²) in [6, 6.07) is 13.8. The average Bonchev–Trinajstić information content (AvgIpc) is 3.21. The number of nitrogens with zero attached hydrogens (tertiary/aromatic N) is 2. The van der Waals surface area contributed by atoms with Crippen LogP contribution in [0.5, 0.6) is 11.5 Å². The van der Waals surface area contributed by atoms with Crippen molar-refractivity contribution < 1.29 is 9.47 Å². The van der Waals surface area contributed by atoms with Gasteiger partial charge in [0, 0.05) is 29.2 Å². The molecule has 0 spiro atoms. The van der Waals surface area contributed by atoms with Gasteiger partial charge < -0.3 is 20.1 Å². The number of thiocarbonyl (C=S) groups is 1. The van der Waals surface area contributed by atoms with Gasteiger partial charge in [0.2, 0.25) is 0 Å². The summed E-state index contributed by atoms with van der Waals surface area (Å²) in [5, 5.41) is 12.9. The molecule has 4 rings (SSSR count). The number of ether oxygens (including phenoxy) is 2. The number of benzene rings is 2. The Hall–Kier alpha value is -2.71. The van der Waals surface area contributed by atoms with Crippen molar-refractivity contribution in [2.75, 3.05) is 18.5 Å². The minimum atomic E-state index is 0.550. The quantitative estimate of drug-likeness (QED) is 0.668. The number of nitrogens with one attached hydrogen (secondary N) is 2. The summed E-state index contributed by atoms with van der Waals surface area (Å²) in [5.41, 5.74) is 3.94. The molecule has 0 fully saturated rings. The van der Waals surface area contributed by atoms with E-state index in [0.717, 1.165) is 34.0 Å². The van der Waals surface area contributed by atoms with Crippen molar-refractivity contribution >= 4 is 34.6 Å². The highest BCUT2D eigenvalue weighted by molar-refractivity contribution is 7.80. The molecule has 26 heavy (non-hydrogen) atoms. The maximum atomic E-state index is 5.58. The molecule has 0 unspecified atom stereocenters. The van der Waals surface area contributed by atoms with Crippen LogP contribution in [0.25, 0.3) is 11.3 Å². The van der Waals surface area contributed by atoms with Crippen LogP contribution in [-0.2, 0) is 6.54 Å². The molecular formula is C18H16N4O2S2. The maximum absolute atomic E-state index is 5.58. The largest absolute Gasteiger partial charge is 0.486 e. The summed E-state index contributed by atoms with van der Waals surface area (Å²) in [6.45, 7) is 1.77. The molecule has 0 amide bonds. The molecule has 3 aromatic rings. The zero-order chi connectivity index (χ0) is 17.8. The van der Waals surface area contributed by atoms with E-state index in [1.807, 2.05) is 47.8 Å². The van der Waals surface area contributed by atoms with Crippen LogP contribution in [0.2, 0.25) is 0 Å². The number of hydrogen-bond acceptors (Lipinski definition) is 6. The number of anilines is 1. The molecule has 0 aliphatic carbocycles. The number of rotatable bonds is 4. The first-order chi connectivity index (χ1) is 12.8. The van der Waals surface area contributed by atoms with Gasteiger partial charge in [0.1, 0.15) is 18.9 Å². The topological polar surface area (TPSA) is 68.3 Å². The van der Waals surface area contributed by atoms with Gasteiger partial charge in [-0.15, -0.1) is 5.10 Å². The molecular weight excluding hydrogens is 368 g/mol. The zero-order valence-electron chi connectivity index (χ0n) is 13.8. The van der Waals surface area contributed by atoms with Crippen LogP contribution in [0.1, 0.15) is 5.56 Å². The van der Waals surface area contributed by atoms with Gasteiger partial charge in [-0.25, -0.2) is 0 Å². The van der Waals surface area contributed by atoms with Gasteiger partial charge in [0.05, 0.1) is 0 Å². The molecule has 0 saturated heterocycles. The molecule has 2 N–H and O–H groups in total. The minimum Gasteiger partial charge on any atom is -0.486 e. The molecule has 2 heterocycles. The standard InChI is InChI=1S/C18H16N4O2S2/c25-18(20-14-5-6-16-17(9-14)24-8-7-23-16)19-10-12-1-3-13(4-2-12)15-11-26-22-21-15/h1-6,9,11H,7-8,10H2,(H2,19,20,25). The first-order valence-electron chi connectivity index (χ1n) is 8.09. The summed E-state index contributed by atoms with van der Waals surface area (Å²) in [7, 11) is 0. The third kappa shape index (κ3) is 3.92. The second kappa shape index (κ2) is 7.67. The second-order valence-electron chi connectivity index (χ2n) is 5.65. The summed E-state index contributed by atoms with van der Waals surface area (Å²) in [4.78, 5) is 0. The maximum Gasteiger partial charge on any atom is 0.171 e. The van der Waals surface area contributed by atoms with Crippen LogP contribution >= 0.6 is 23.8 Å². The number of aromatic nitrogens is 2. The molecule has 132 valence electrons. The van der Waals surface area contributed by atoms with Gasteiger partial charge >= 0.3 is 0 Å². The third-order valence-corrected chi connectivity index (χ3v) is 4.61. The smallest absolute Gasteiger partial charge is 0.171 e. The molecule has 0 saturated carbocycles. The van der Waals surface area contributed by atoms with Crippen molar-refractivity contribution in [1.29, 1.82) is 0 Å². The van der Waals surface area contributed by atoms with Gasteiger partial charge in [-0.3, -0.25) is 0 Å². The second-order valence-corrected chi connectivity index (χ2v) is 6.67. The zero-order valence-corrected chi connectivity index (χ0v) is 15.4. The Labute approximate surface area is 160 Å². The molecule has 1 aliphatic rings. The lowest BCUT2D eigenvalue weighted by Crippen LogP contribution is -2.28. The summed E-state index contributed by atoms with van der Waals surface area (Å²) in [6.07, 6.45) is 0. The van der Waals surface area contributed by atoms with Crippen LogP contribution in [0.3, 0.4) is 0 Å². The van der Waals surface area contributed by atoms with Crippen molar-refractivity contribution in [2.24, 2.45) is 0 Å². The summed E-state index contributed by atoms with van der Waals surface area (Å²) >= 11 is 6.72. The van der Waals surface area contributed by atoms with Crippen molar-refractivity contribution in [3.8, 4) is 22.8 Å². The van der Waals surface area contributed by atoms with E-state index in [4.69, 9.17) is 21.7 Å². The summed E-state index contributed by atoms with van der Waals surface area (Å²) in [5.74, 6) is 1.49. The molecule has 0 bridgehead atoms. The van der Waals surface area contributed by atoms with E-state index >= 15 is 0 Å². The Morgan fingerprint density at radius 1 is 1.08 bits per heavy atom. The van der Waals surface area contributed by atoms with Crippen LogP contribution in [-0.4, -0.2) is 27.9 Å². The first-order valence-corrected chi connectivity index (χ1v) is 9.33. The Kier molecular flexibility index (Phi) is 4.94. The highest BCUT2D eigenvalue weighted by Crippen LogP contribution is 2.32. The van der Waals surface area contributed by atoms with Crippen LogP contribution in [0.15, 0.2) is 47.8 Å². The Morgan fingerprint density at radius 2 is 1.88 bits per heavy atom. The van der Waals surface area contributed by atoms with Crippen molar-refractivity contribution in [1.82, 2.24) is 14.9 Å². The van der Waals surface area contributed by atoms with E-state index in [9.17, 15) is 0 Å². The summed E-state index contributed by atoms with van der Waals surface area (Å²) < 4.78 is 15.0. The lowest BCUT2D eigenvalue weighted by atomic mass is 10.1. The van der Waals surface area contributed by atoms with Gasteiger partial charge in [0.15, 0.2) is 16.6 Å². The number of fused-ring (bicyclic) bond motifs is 1. The van der Waals surface area contributed by atoms with Crippen molar-refractivity contribution in [3.05, 3.63) is 53.4 Å². The molecule has 0 atom stereocenters. The molecule has 1 aromatic heterocycles. The fourth-order valence-electron chi connectivity index (χ4n) is 2.56. The Morgan fingerprint density at radius 3 is 2.65 bits per heavy atom. The Balaban J connectivity index is 1.32.